The maximum Gasteiger partial charge on any atom is 0.338 e. The van der Waals surface area contributed by atoms with Gasteiger partial charge in [0.25, 0.3) is 23.6 Å². The van der Waals surface area contributed by atoms with E-state index in [4.69, 9.17) is 80.5 Å². The van der Waals surface area contributed by atoms with Crippen LogP contribution >= 0.6 is 11.6 Å². The fraction of sp³-hybridized carbons (Fsp3) is 0.203. The molecule has 47 heteroatoms. The average molecular weight is 1820 g/mol. The van der Waals surface area contributed by atoms with E-state index < -0.39 is 29.9 Å². The van der Waals surface area contributed by atoms with E-state index in [2.05, 4.69) is 45.9 Å². The Morgan fingerprint density at radius 1 is 0.547 bits per heavy atom. The Morgan fingerprint density at radius 3 is 1.40 bits per heavy atom. The van der Waals surface area contributed by atoms with Gasteiger partial charge < -0.3 is 57.1 Å². The Kier molecular flexibility index (Phi) is 44.8. The highest BCUT2D eigenvalue weighted by atomic mass is 35.5. The molecular formula is C59H61ClN14O13S19. The zero-order valence-electron chi connectivity index (χ0n) is 54.6. The van der Waals surface area contributed by atoms with Crippen molar-refractivity contribution in [3.8, 4) is 23.0 Å². The van der Waals surface area contributed by atoms with E-state index in [1.807, 2.05) is 67.6 Å². The molecule has 0 bridgehead atoms. The molecule has 27 nitrogen and oxygen atoms in total. The molecule has 566 valence electrons. The van der Waals surface area contributed by atoms with E-state index in [1.165, 1.54) is 81.4 Å². The summed E-state index contributed by atoms with van der Waals surface area (Å²) in [6.45, 7) is 2.86. The number of nitrogens with one attached hydrogen (secondary N) is 2. The SMILES string of the molecule is CCC(=O)c1cccc2cc(Oc3ccnc(Cl)c3)ccc12.CNC(=O)c1cccc2cc(Oc3ccnc(NC(=O)C4=NC(CCO)N=C4)c3)ccc12.NC(=O)c1cnn(CCO)c1.NC(=O)c1cnn(CCO)c1.O=C(O)c1cnn(CCO)c1.S=S=S=S=S=S=S=S=S=S=S=S=S=S=S=S=S=S=S. The number of carboxylic acid groups (broad SMARTS) is 1. The molecule has 0 radical (unpaired) electrons. The third-order valence-electron chi connectivity index (χ3n) is 12.4. The van der Waals surface area contributed by atoms with Crippen molar-refractivity contribution in [1.29, 1.82) is 0 Å². The molecule has 106 heavy (non-hydrogen) atoms. The number of carbonyl (C=O) groups is 6. The van der Waals surface area contributed by atoms with E-state index in [9.17, 15) is 28.8 Å². The topological polar surface area (TPSA) is 402 Å². The van der Waals surface area contributed by atoms with Crippen molar-refractivity contribution in [2.24, 2.45) is 21.5 Å². The number of ketones is 1. The van der Waals surface area contributed by atoms with E-state index >= 15 is 0 Å². The number of amides is 4. The summed E-state index contributed by atoms with van der Waals surface area (Å²) in [5, 5.41) is 63.4. The molecule has 11 N–H and O–H groups in total. The molecule has 1 aliphatic heterocycles. The Morgan fingerprint density at radius 2 is 0.981 bits per heavy atom. The zero-order valence-corrected chi connectivity index (χ0v) is 70.9. The quantitative estimate of drug-likeness (QED) is 0.0345. The van der Waals surface area contributed by atoms with Crippen molar-refractivity contribution in [2.75, 3.05) is 38.8 Å². The molecule has 0 saturated heterocycles. The number of hydrogen-bond acceptors (Lipinski definition) is 21. The minimum atomic E-state index is -1.01. The van der Waals surface area contributed by atoms with Crippen molar-refractivity contribution in [3.05, 3.63) is 180 Å². The molecule has 0 fully saturated rings. The number of halogens is 1. The fourth-order valence-corrected chi connectivity index (χ4v) is 49.2. The summed E-state index contributed by atoms with van der Waals surface area (Å²) in [5.74, 6) is 0.210. The number of rotatable bonds is 20. The Bertz CT molecular complexity index is 5280. The Labute approximate surface area is 668 Å². The van der Waals surface area contributed by atoms with Crippen molar-refractivity contribution < 1.29 is 63.8 Å². The van der Waals surface area contributed by atoms with Crippen molar-refractivity contribution in [2.45, 2.75) is 45.6 Å². The van der Waals surface area contributed by atoms with Gasteiger partial charge in [-0.05, 0) is 76.1 Å². The van der Waals surface area contributed by atoms with Gasteiger partial charge >= 0.3 is 5.97 Å². The summed E-state index contributed by atoms with van der Waals surface area (Å²) in [5.41, 5.74) is 12.3. The van der Waals surface area contributed by atoms with Gasteiger partial charge in [0.2, 0.25) is 0 Å². The second-order valence-electron chi connectivity index (χ2n) is 19.2. The van der Waals surface area contributed by atoms with Crippen LogP contribution in [-0.2, 0) is 198 Å². The lowest BCUT2D eigenvalue weighted by Crippen LogP contribution is -2.23. The molecule has 4 amide bonds. The van der Waals surface area contributed by atoms with Crippen LogP contribution in [0.4, 0.5) is 5.82 Å². The highest BCUT2D eigenvalue weighted by molar-refractivity contribution is 8.78. The summed E-state index contributed by atoms with van der Waals surface area (Å²) in [7, 11) is 30.6. The number of primary amides is 2. The van der Waals surface area contributed by atoms with Gasteiger partial charge in [0, 0.05) is 254 Å². The number of hydrogen-bond donors (Lipinski definition) is 9. The van der Waals surface area contributed by atoms with Crippen LogP contribution in [0.25, 0.3) is 21.5 Å². The number of benzene rings is 4. The minimum absolute atomic E-state index is 0.000117. The second-order valence-corrected chi connectivity index (χ2v) is 49.7. The summed E-state index contributed by atoms with van der Waals surface area (Å²) in [6, 6.07) is 29.0. The first kappa shape index (κ1) is 90.2. The number of aliphatic imine (C=N–C) groups is 2. The highest BCUT2D eigenvalue weighted by Gasteiger charge is 2.19. The molecule has 1 atom stereocenters. The third-order valence-corrected chi connectivity index (χ3v) is 48.1. The van der Waals surface area contributed by atoms with E-state index in [0.29, 0.717) is 83.1 Å². The van der Waals surface area contributed by atoms with Gasteiger partial charge in [-0.1, -0.05) is 48.9 Å². The van der Waals surface area contributed by atoms with Crippen LogP contribution in [0.5, 0.6) is 23.0 Å². The first-order valence-electron chi connectivity index (χ1n) is 29.5. The first-order chi connectivity index (χ1) is 51.4. The number of carboxylic acids is 1. The lowest BCUT2D eigenvalue weighted by atomic mass is 10.00. The summed E-state index contributed by atoms with van der Waals surface area (Å²) < 4.78 is 16.0. The van der Waals surface area contributed by atoms with Gasteiger partial charge in [-0.2, -0.15) is 15.3 Å². The van der Waals surface area contributed by atoms with Crippen molar-refractivity contribution in [1.82, 2.24) is 44.6 Å². The maximum atomic E-state index is 12.4. The summed E-state index contributed by atoms with van der Waals surface area (Å²) in [4.78, 5) is 84.1. The molecule has 1 aliphatic rings. The van der Waals surface area contributed by atoms with Crippen LogP contribution in [-0.4, -0.2) is 152 Å². The normalized spacial score (nSPS) is 11.1. The Balaban J connectivity index is 0.000000241. The largest absolute Gasteiger partial charge is 0.478 e. The second kappa shape index (κ2) is 52.6. The molecule has 5 aromatic heterocycles. The smallest absolute Gasteiger partial charge is 0.338 e. The fourth-order valence-electron chi connectivity index (χ4n) is 7.92. The zero-order chi connectivity index (χ0) is 76.9. The van der Waals surface area contributed by atoms with Gasteiger partial charge in [-0.3, -0.25) is 48.0 Å². The van der Waals surface area contributed by atoms with E-state index in [0.717, 1.165) is 27.1 Å². The van der Waals surface area contributed by atoms with Crippen LogP contribution in [0.3, 0.4) is 0 Å². The molecule has 0 saturated carbocycles. The van der Waals surface area contributed by atoms with Crippen molar-refractivity contribution in [3.63, 3.8) is 0 Å². The van der Waals surface area contributed by atoms with Crippen LogP contribution < -0.4 is 31.6 Å². The predicted octanol–water partition coefficient (Wildman–Crippen LogP) is 5.31. The number of nitrogens with two attached hydrogens (primary N) is 2. The van der Waals surface area contributed by atoms with Gasteiger partial charge in [0.15, 0.2) is 5.78 Å². The van der Waals surface area contributed by atoms with E-state index in [1.54, 1.807) is 183 Å². The number of Topliss-reactive ketones (excluding diaryl/α,β-unsaturated/α-hetero) is 1. The number of aliphatic hydroxyl groups excluding tert-OH is 4. The van der Waals surface area contributed by atoms with Crippen LogP contribution in [0.2, 0.25) is 5.15 Å². The number of ether oxygens (including phenoxy) is 2. The molecule has 9 aromatic rings. The maximum absolute atomic E-state index is 12.4. The average Bonchev–Trinajstić information content (AvgIpc) is 0.918. The van der Waals surface area contributed by atoms with Crippen LogP contribution in [0.15, 0.2) is 157 Å². The number of carbonyl (C=O) groups excluding carboxylic acids is 5. The molecule has 0 aliphatic carbocycles. The lowest BCUT2D eigenvalue weighted by molar-refractivity contribution is -0.110. The monoisotopic (exact) mass is 1820 g/mol. The predicted molar refractivity (Wildman–Crippen MR) is 461 cm³/mol. The van der Waals surface area contributed by atoms with Gasteiger partial charge in [0.05, 0.1) is 81.0 Å². The first-order valence-corrected chi connectivity index (χ1v) is 53.8. The van der Waals surface area contributed by atoms with Crippen LogP contribution in [0, 0.1) is 0 Å². The highest BCUT2D eigenvalue weighted by Crippen LogP contribution is 2.30. The standard InChI is InChI=1S/C23H21N5O4.C18H14ClNO2.2C6H9N3O2.C6H8N2O3.S19/c1-24-22(30)18-4-2-3-14-11-15(5-6-17(14)18)32-16-7-9-25-21(12-16)28-23(31)19-13-26-20(27-19)8-10-29;1-2-17(21)16-5-3-4-12-10-13(6-7-15(12)16)22-14-8-9-20-18(19)11-14;2*7-6(11)5-3-8-9(4-5)1-2-10;9-2-1-8-4-5(3-7-8)6(10)11;1-3-5-7-9-11-13-15-17-19-18-16-14-12-10-8-6-4-2/h2-7,9,11-13,20,29H,8,10H2,1H3,(H,24,30)(H,25,28,31);3-11H,2H2,1H3;2*3-4,10H,1-2H2,(H2,7,11);3-4,9H,1-2H2,(H,10,11);. The molecule has 0 spiro atoms. The molecule has 1 unspecified atom stereocenters. The molecule has 10 rings (SSSR count). The van der Waals surface area contributed by atoms with E-state index in [-0.39, 0.29) is 49.4 Å². The number of nitrogens with zero attached hydrogens (tertiary/aromatic N) is 10. The van der Waals surface area contributed by atoms with Gasteiger partial charge in [-0.25, -0.2) is 14.8 Å². The number of pyridine rings is 2. The van der Waals surface area contributed by atoms with Crippen molar-refractivity contribution >= 4 is 260 Å². The number of aromatic nitrogens is 8. The number of aliphatic hydroxyl groups is 4. The third kappa shape index (κ3) is 34.0. The van der Waals surface area contributed by atoms with Crippen LogP contribution in [0.1, 0.15) is 71.6 Å². The van der Waals surface area contributed by atoms with Gasteiger partial charge in [0.1, 0.15) is 45.8 Å². The Hall–Kier alpha value is -6.40. The van der Waals surface area contributed by atoms with Gasteiger partial charge in [-0.15, -0.1) is 0 Å². The lowest BCUT2D eigenvalue weighted by Gasteiger charge is -2.10. The molecular weight excluding hydrogens is 1760 g/mol. The number of aromatic carboxylic acids is 1. The summed E-state index contributed by atoms with van der Waals surface area (Å²) in [6.07, 6.45) is 13.3. The number of fused-ring (bicyclic) bond motifs is 2. The number of anilines is 1. The summed E-state index contributed by atoms with van der Waals surface area (Å²) >= 11 is 15.3. The minimum Gasteiger partial charge on any atom is -0.478 e. The molecule has 4 aromatic carbocycles. The molecule has 6 heterocycles.